The summed E-state index contributed by atoms with van der Waals surface area (Å²) in [6.07, 6.45) is 1.12. The van der Waals surface area contributed by atoms with Crippen molar-refractivity contribution in [2.45, 2.75) is 0 Å². The SMILES string of the molecule is Nc1ncnc(Oc2c(Cl)cccc2[N+](=O)[O-])c1Cl. The molecule has 19 heavy (non-hydrogen) atoms. The zero-order valence-corrected chi connectivity index (χ0v) is 10.7. The van der Waals surface area contributed by atoms with Gasteiger partial charge >= 0.3 is 5.69 Å². The largest absolute Gasteiger partial charge is 0.428 e. The monoisotopic (exact) mass is 300 g/mol. The van der Waals surface area contributed by atoms with Crippen molar-refractivity contribution in [3.63, 3.8) is 0 Å². The molecule has 0 amide bonds. The first-order valence-electron chi connectivity index (χ1n) is 4.87. The topological polar surface area (TPSA) is 104 Å². The Morgan fingerprint density at radius 2 is 2.05 bits per heavy atom. The Balaban J connectivity index is 2.49. The van der Waals surface area contributed by atoms with Crippen LogP contribution in [0.1, 0.15) is 0 Å². The molecule has 98 valence electrons. The zero-order valence-electron chi connectivity index (χ0n) is 9.21. The molecule has 2 rings (SSSR count). The minimum atomic E-state index is -0.625. The molecule has 0 saturated carbocycles. The molecule has 2 N–H and O–H groups in total. The van der Waals surface area contributed by atoms with Crippen molar-refractivity contribution in [1.29, 1.82) is 0 Å². The molecule has 0 spiro atoms. The van der Waals surface area contributed by atoms with Crippen LogP contribution in [0, 0.1) is 10.1 Å². The van der Waals surface area contributed by atoms with Gasteiger partial charge in [0.1, 0.15) is 17.2 Å². The summed E-state index contributed by atoms with van der Waals surface area (Å²) in [7, 11) is 0. The summed E-state index contributed by atoms with van der Waals surface area (Å²) in [6.45, 7) is 0. The van der Waals surface area contributed by atoms with Crippen molar-refractivity contribution in [3.8, 4) is 11.6 Å². The van der Waals surface area contributed by atoms with Gasteiger partial charge in [0.05, 0.1) is 9.95 Å². The van der Waals surface area contributed by atoms with E-state index < -0.39 is 4.92 Å². The second kappa shape index (κ2) is 5.25. The Kier molecular flexibility index (Phi) is 3.68. The summed E-state index contributed by atoms with van der Waals surface area (Å²) in [5, 5.41) is 10.9. The van der Waals surface area contributed by atoms with Gasteiger partial charge in [0.2, 0.25) is 11.6 Å². The number of para-hydroxylation sites is 1. The van der Waals surface area contributed by atoms with Gasteiger partial charge in [-0.2, -0.15) is 4.98 Å². The van der Waals surface area contributed by atoms with Gasteiger partial charge in [-0.1, -0.05) is 29.3 Å². The van der Waals surface area contributed by atoms with Gasteiger partial charge in [-0.25, -0.2) is 4.98 Å². The molecule has 0 saturated heterocycles. The molecule has 0 radical (unpaired) electrons. The minimum Gasteiger partial charge on any atom is -0.428 e. The van der Waals surface area contributed by atoms with Gasteiger partial charge in [-0.15, -0.1) is 0 Å². The van der Waals surface area contributed by atoms with Crippen LogP contribution in [0.3, 0.4) is 0 Å². The van der Waals surface area contributed by atoms with E-state index in [1.807, 2.05) is 0 Å². The van der Waals surface area contributed by atoms with Crippen molar-refractivity contribution in [2.75, 3.05) is 5.73 Å². The van der Waals surface area contributed by atoms with Crippen molar-refractivity contribution in [1.82, 2.24) is 9.97 Å². The average Bonchev–Trinajstić information content (AvgIpc) is 2.36. The molecule has 0 aliphatic carbocycles. The number of nitrogens with two attached hydrogens (primary N) is 1. The molecular weight excluding hydrogens is 295 g/mol. The lowest BCUT2D eigenvalue weighted by Crippen LogP contribution is -1.99. The molecule has 1 heterocycles. The molecule has 9 heteroatoms. The minimum absolute atomic E-state index is 0.00127. The first-order chi connectivity index (χ1) is 9.00. The van der Waals surface area contributed by atoms with Crippen LogP contribution < -0.4 is 10.5 Å². The molecule has 2 aromatic rings. The van der Waals surface area contributed by atoms with E-state index in [0.717, 1.165) is 6.33 Å². The number of hydrogen-bond donors (Lipinski definition) is 1. The third-order valence-corrected chi connectivity index (χ3v) is 2.78. The first kappa shape index (κ1) is 13.3. The number of benzene rings is 1. The summed E-state index contributed by atoms with van der Waals surface area (Å²) in [5.74, 6) is -0.263. The number of anilines is 1. The maximum Gasteiger partial charge on any atom is 0.313 e. The number of aromatic nitrogens is 2. The Labute approximate surface area is 117 Å². The van der Waals surface area contributed by atoms with Crippen molar-refractivity contribution < 1.29 is 9.66 Å². The Hall–Kier alpha value is -2.12. The average molecular weight is 301 g/mol. The van der Waals surface area contributed by atoms with E-state index in [4.69, 9.17) is 33.7 Å². The van der Waals surface area contributed by atoms with Crippen molar-refractivity contribution in [3.05, 3.63) is 44.7 Å². The number of rotatable bonds is 3. The fourth-order valence-electron chi connectivity index (χ4n) is 1.28. The lowest BCUT2D eigenvalue weighted by Gasteiger charge is -2.08. The van der Waals surface area contributed by atoms with Gasteiger partial charge in [0, 0.05) is 6.07 Å². The normalized spacial score (nSPS) is 10.2. The maximum absolute atomic E-state index is 10.9. The predicted molar refractivity (Wildman–Crippen MR) is 69.6 cm³/mol. The van der Waals surface area contributed by atoms with Crippen molar-refractivity contribution in [2.24, 2.45) is 0 Å². The molecule has 0 atom stereocenters. The second-order valence-electron chi connectivity index (χ2n) is 3.33. The third-order valence-electron chi connectivity index (χ3n) is 2.13. The molecule has 7 nitrogen and oxygen atoms in total. The summed E-state index contributed by atoms with van der Waals surface area (Å²) < 4.78 is 5.28. The Morgan fingerprint density at radius 1 is 1.32 bits per heavy atom. The van der Waals surface area contributed by atoms with E-state index in [1.165, 1.54) is 18.2 Å². The van der Waals surface area contributed by atoms with E-state index in [1.54, 1.807) is 0 Å². The highest BCUT2D eigenvalue weighted by atomic mass is 35.5. The molecule has 0 bridgehead atoms. The van der Waals surface area contributed by atoms with E-state index in [2.05, 4.69) is 9.97 Å². The number of nitrogen functional groups attached to an aromatic ring is 1. The summed E-state index contributed by atoms with van der Waals surface area (Å²) in [6, 6.07) is 4.13. The highest BCUT2D eigenvalue weighted by molar-refractivity contribution is 6.34. The molecule has 1 aromatic heterocycles. The number of nitro benzene ring substituents is 1. The Morgan fingerprint density at radius 3 is 2.74 bits per heavy atom. The molecular formula is C10H6Cl2N4O3. The van der Waals surface area contributed by atoms with Crippen LogP contribution in [0.5, 0.6) is 11.6 Å². The number of hydrogen-bond acceptors (Lipinski definition) is 6. The van der Waals surface area contributed by atoms with Crippen LogP contribution in [-0.2, 0) is 0 Å². The quantitative estimate of drug-likeness (QED) is 0.690. The van der Waals surface area contributed by atoms with Gasteiger partial charge in [0.15, 0.2) is 0 Å². The number of nitro groups is 1. The molecule has 0 unspecified atom stereocenters. The van der Waals surface area contributed by atoms with E-state index in [-0.39, 0.29) is 33.2 Å². The third kappa shape index (κ3) is 2.67. The second-order valence-corrected chi connectivity index (χ2v) is 4.11. The molecule has 1 aromatic carbocycles. The smallest absolute Gasteiger partial charge is 0.313 e. The lowest BCUT2D eigenvalue weighted by molar-refractivity contribution is -0.385. The van der Waals surface area contributed by atoms with E-state index in [0.29, 0.717) is 0 Å². The van der Waals surface area contributed by atoms with Crippen LogP contribution in [0.2, 0.25) is 10.0 Å². The van der Waals surface area contributed by atoms with E-state index in [9.17, 15) is 10.1 Å². The standard InChI is InChI=1S/C10H6Cl2N4O3/c11-5-2-1-3-6(16(17)18)8(5)19-10-7(12)9(13)14-4-15-10/h1-4H,(H2,13,14,15). The fraction of sp³-hybridized carbons (Fsp3) is 0. The maximum atomic E-state index is 10.9. The van der Waals surface area contributed by atoms with E-state index >= 15 is 0 Å². The molecule has 0 fully saturated rings. The zero-order chi connectivity index (χ0) is 14.0. The summed E-state index contributed by atoms with van der Waals surface area (Å²) in [5.41, 5.74) is 5.18. The Bertz CT molecular complexity index is 651. The van der Waals surface area contributed by atoms with Crippen LogP contribution in [0.15, 0.2) is 24.5 Å². The van der Waals surface area contributed by atoms with Crippen LogP contribution in [-0.4, -0.2) is 14.9 Å². The van der Waals surface area contributed by atoms with Gasteiger partial charge in [-0.3, -0.25) is 10.1 Å². The predicted octanol–water partition coefficient (Wildman–Crippen LogP) is 3.07. The van der Waals surface area contributed by atoms with Crippen LogP contribution in [0.4, 0.5) is 11.5 Å². The fourth-order valence-corrected chi connectivity index (χ4v) is 1.62. The van der Waals surface area contributed by atoms with Gasteiger partial charge < -0.3 is 10.5 Å². The van der Waals surface area contributed by atoms with Crippen molar-refractivity contribution >= 4 is 34.7 Å². The number of ether oxygens (including phenoxy) is 1. The van der Waals surface area contributed by atoms with Gasteiger partial charge in [-0.05, 0) is 6.07 Å². The highest BCUT2D eigenvalue weighted by Crippen LogP contribution is 2.39. The lowest BCUT2D eigenvalue weighted by atomic mass is 10.3. The van der Waals surface area contributed by atoms with Crippen LogP contribution in [0.25, 0.3) is 0 Å². The van der Waals surface area contributed by atoms with Crippen LogP contribution >= 0.6 is 23.2 Å². The highest BCUT2D eigenvalue weighted by Gasteiger charge is 2.21. The molecule has 0 aliphatic heterocycles. The number of halogens is 2. The summed E-state index contributed by atoms with van der Waals surface area (Å²) >= 11 is 11.7. The van der Waals surface area contributed by atoms with Gasteiger partial charge in [0.25, 0.3) is 0 Å². The first-order valence-corrected chi connectivity index (χ1v) is 5.63. The summed E-state index contributed by atoms with van der Waals surface area (Å²) in [4.78, 5) is 17.7. The molecule has 0 aliphatic rings. The number of nitrogens with zero attached hydrogens (tertiary/aromatic N) is 3.